The minimum atomic E-state index is -0.546. The third kappa shape index (κ3) is 3.76. The van der Waals surface area contributed by atoms with Crippen molar-refractivity contribution in [3.8, 4) is 5.75 Å². The number of amides is 1. The van der Waals surface area contributed by atoms with Crippen molar-refractivity contribution in [2.45, 2.75) is 25.0 Å². The van der Waals surface area contributed by atoms with Crippen LogP contribution in [0.2, 0.25) is 5.02 Å². The van der Waals surface area contributed by atoms with Crippen LogP contribution in [0.1, 0.15) is 18.4 Å². The van der Waals surface area contributed by atoms with Crippen molar-refractivity contribution < 1.29 is 13.9 Å². The van der Waals surface area contributed by atoms with E-state index in [0.29, 0.717) is 29.0 Å². The van der Waals surface area contributed by atoms with Crippen molar-refractivity contribution >= 4 is 40.4 Å². The summed E-state index contributed by atoms with van der Waals surface area (Å²) in [6, 6.07) is 8.49. The molecule has 1 aromatic heterocycles. The quantitative estimate of drug-likeness (QED) is 0.418. The minimum Gasteiger partial charge on any atom is -0.496 e. The van der Waals surface area contributed by atoms with E-state index in [1.807, 2.05) is 19.2 Å². The van der Waals surface area contributed by atoms with Crippen LogP contribution in [0.5, 0.6) is 5.75 Å². The highest BCUT2D eigenvalue weighted by Gasteiger charge is 2.46. The number of carbonyl (C=O) groups is 1. The summed E-state index contributed by atoms with van der Waals surface area (Å²) >= 11 is 5.89. The summed E-state index contributed by atoms with van der Waals surface area (Å²) in [7, 11) is 3.55. The maximum absolute atomic E-state index is 14.4. The third-order valence-corrected chi connectivity index (χ3v) is 5.72. The molecule has 0 radical (unpaired) electrons. The van der Waals surface area contributed by atoms with Gasteiger partial charge in [-0.1, -0.05) is 17.7 Å². The van der Waals surface area contributed by atoms with Gasteiger partial charge < -0.3 is 15.4 Å². The van der Waals surface area contributed by atoms with Crippen LogP contribution < -0.4 is 15.4 Å². The van der Waals surface area contributed by atoms with Gasteiger partial charge in [0.2, 0.25) is 6.41 Å². The van der Waals surface area contributed by atoms with Crippen LogP contribution in [0.3, 0.4) is 0 Å². The van der Waals surface area contributed by atoms with E-state index < -0.39 is 5.82 Å². The molecule has 156 valence electrons. The number of fused-ring (bicyclic) bond motifs is 1. The van der Waals surface area contributed by atoms with Gasteiger partial charge in [0.1, 0.15) is 17.9 Å². The lowest BCUT2D eigenvalue weighted by Gasteiger charge is -2.28. The van der Waals surface area contributed by atoms with Crippen molar-refractivity contribution in [1.82, 2.24) is 20.2 Å². The topological polar surface area (TPSA) is 79.4 Å². The predicted octanol–water partition coefficient (Wildman–Crippen LogP) is 3.84. The number of benzene rings is 2. The zero-order chi connectivity index (χ0) is 21.3. The third-order valence-electron chi connectivity index (χ3n) is 5.43. The Morgan fingerprint density at radius 3 is 2.83 bits per heavy atom. The van der Waals surface area contributed by atoms with E-state index >= 15 is 0 Å². The summed E-state index contributed by atoms with van der Waals surface area (Å²) in [6.45, 7) is 0.541. The number of methoxy groups -OCH3 is 1. The molecule has 1 saturated carbocycles. The van der Waals surface area contributed by atoms with E-state index in [2.05, 4.69) is 25.5 Å². The molecular formula is C21H21ClFN5O2. The van der Waals surface area contributed by atoms with Crippen LogP contribution in [0.25, 0.3) is 10.9 Å². The summed E-state index contributed by atoms with van der Waals surface area (Å²) in [5.74, 6) is 0.588. The molecule has 9 heteroatoms. The van der Waals surface area contributed by atoms with Crippen LogP contribution in [0, 0.1) is 5.82 Å². The number of nitrogens with zero attached hydrogens (tertiary/aromatic N) is 3. The molecule has 0 saturated heterocycles. The van der Waals surface area contributed by atoms with Gasteiger partial charge in [0.25, 0.3) is 0 Å². The van der Waals surface area contributed by atoms with Crippen molar-refractivity contribution in [2.24, 2.45) is 0 Å². The lowest BCUT2D eigenvalue weighted by atomic mass is 10.1. The molecule has 3 aromatic rings. The monoisotopic (exact) mass is 429 g/mol. The first-order valence-corrected chi connectivity index (χ1v) is 9.80. The average Bonchev–Trinajstić information content (AvgIpc) is 3.52. The highest BCUT2D eigenvalue weighted by atomic mass is 35.5. The molecule has 7 nitrogen and oxygen atoms in total. The van der Waals surface area contributed by atoms with Crippen LogP contribution in [-0.2, 0) is 11.3 Å². The SMILES string of the molecule is COc1cc2ncnc(Nc3cccc(Cl)c3F)c2cc1CN(C)C1(NC=O)CC1. The number of hydrogen-bond acceptors (Lipinski definition) is 6. The van der Waals surface area contributed by atoms with Crippen molar-refractivity contribution in [1.29, 1.82) is 0 Å². The number of nitrogens with one attached hydrogen (secondary N) is 2. The molecule has 1 amide bonds. The second-order valence-corrected chi connectivity index (χ2v) is 7.69. The smallest absolute Gasteiger partial charge is 0.208 e. The number of ether oxygens (including phenoxy) is 1. The fourth-order valence-corrected chi connectivity index (χ4v) is 3.72. The van der Waals surface area contributed by atoms with Crippen LogP contribution in [-0.4, -0.2) is 41.1 Å². The molecule has 0 aliphatic heterocycles. The van der Waals surface area contributed by atoms with E-state index in [-0.39, 0.29) is 16.4 Å². The maximum Gasteiger partial charge on any atom is 0.208 e. The zero-order valence-electron chi connectivity index (χ0n) is 16.6. The first kappa shape index (κ1) is 20.3. The van der Waals surface area contributed by atoms with Crippen molar-refractivity contribution in [2.75, 3.05) is 19.5 Å². The Balaban J connectivity index is 1.72. The molecule has 0 atom stereocenters. The van der Waals surface area contributed by atoms with E-state index in [4.69, 9.17) is 16.3 Å². The first-order chi connectivity index (χ1) is 14.5. The standard InChI is InChI=1S/C21H21ClFN5O2/c1-28(21(6-7-21)26-12-29)10-13-8-14-17(9-18(13)30-2)24-11-25-20(14)27-16-5-3-4-15(22)19(16)23/h3-5,8-9,11-12H,6-7,10H2,1-2H3,(H,26,29)(H,24,25,27). The van der Waals surface area contributed by atoms with Gasteiger partial charge in [-0.3, -0.25) is 9.69 Å². The normalized spacial score (nSPS) is 14.6. The number of hydrogen-bond donors (Lipinski definition) is 2. The van der Waals surface area contributed by atoms with Crippen molar-refractivity contribution in [3.63, 3.8) is 0 Å². The van der Waals surface area contributed by atoms with Gasteiger partial charge in [0, 0.05) is 23.6 Å². The fourth-order valence-electron chi connectivity index (χ4n) is 3.54. The largest absolute Gasteiger partial charge is 0.496 e. The van der Waals surface area contributed by atoms with Gasteiger partial charge in [-0.25, -0.2) is 14.4 Å². The van der Waals surface area contributed by atoms with E-state index in [0.717, 1.165) is 24.8 Å². The number of aromatic nitrogens is 2. The Morgan fingerprint density at radius 2 is 2.13 bits per heavy atom. The second kappa shape index (κ2) is 8.04. The molecule has 30 heavy (non-hydrogen) atoms. The Kier molecular flexibility index (Phi) is 5.44. The van der Waals surface area contributed by atoms with Gasteiger partial charge in [-0.2, -0.15) is 0 Å². The van der Waals surface area contributed by atoms with Crippen molar-refractivity contribution in [3.05, 3.63) is 53.1 Å². The molecule has 1 heterocycles. The highest BCUT2D eigenvalue weighted by Crippen LogP contribution is 2.40. The summed E-state index contributed by atoms with van der Waals surface area (Å²) < 4.78 is 19.9. The molecule has 0 bridgehead atoms. The molecule has 0 spiro atoms. The molecule has 1 fully saturated rings. The van der Waals surface area contributed by atoms with Crippen LogP contribution in [0.4, 0.5) is 15.9 Å². The number of halogens is 2. The lowest BCUT2D eigenvalue weighted by Crippen LogP contribution is -2.45. The summed E-state index contributed by atoms with van der Waals surface area (Å²) in [5.41, 5.74) is 1.46. The average molecular weight is 430 g/mol. The Morgan fingerprint density at radius 1 is 1.33 bits per heavy atom. The molecule has 1 aliphatic carbocycles. The molecular weight excluding hydrogens is 409 g/mol. The Labute approximate surface area is 178 Å². The summed E-state index contributed by atoms with van der Waals surface area (Å²) in [5, 5.41) is 6.65. The zero-order valence-corrected chi connectivity index (χ0v) is 17.3. The van der Waals surface area contributed by atoms with Gasteiger partial charge in [0.05, 0.1) is 29.0 Å². The summed E-state index contributed by atoms with van der Waals surface area (Å²) in [4.78, 5) is 21.7. The van der Waals surface area contributed by atoms with Crippen LogP contribution in [0.15, 0.2) is 36.7 Å². The molecule has 2 N–H and O–H groups in total. The van der Waals surface area contributed by atoms with Crippen LogP contribution >= 0.6 is 11.6 Å². The molecule has 4 rings (SSSR count). The van der Waals surface area contributed by atoms with Gasteiger partial charge >= 0.3 is 0 Å². The first-order valence-electron chi connectivity index (χ1n) is 9.42. The highest BCUT2D eigenvalue weighted by molar-refractivity contribution is 6.31. The fraction of sp³-hybridized carbons (Fsp3) is 0.286. The maximum atomic E-state index is 14.4. The Hall–Kier alpha value is -2.97. The number of rotatable bonds is 8. The Bertz CT molecular complexity index is 1110. The number of carbonyl (C=O) groups excluding carboxylic acids is 1. The second-order valence-electron chi connectivity index (χ2n) is 7.28. The summed E-state index contributed by atoms with van der Waals surface area (Å²) in [6.07, 6.45) is 3.92. The lowest BCUT2D eigenvalue weighted by molar-refractivity contribution is -0.111. The van der Waals surface area contributed by atoms with Gasteiger partial charge in [-0.05, 0) is 38.1 Å². The van der Waals surface area contributed by atoms with E-state index in [9.17, 15) is 9.18 Å². The molecule has 0 unspecified atom stereocenters. The molecule has 1 aliphatic rings. The van der Waals surface area contributed by atoms with E-state index in [1.165, 1.54) is 12.4 Å². The van der Waals surface area contributed by atoms with Gasteiger partial charge in [-0.15, -0.1) is 0 Å². The van der Waals surface area contributed by atoms with Gasteiger partial charge in [0.15, 0.2) is 5.82 Å². The molecule has 2 aromatic carbocycles. The number of anilines is 2. The minimum absolute atomic E-state index is 0.0276. The predicted molar refractivity (Wildman–Crippen MR) is 113 cm³/mol. The van der Waals surface area contributed by atoms with E-state index in [1.54, 1.807) is 19.2 Å².